The second-order valence-electron chi connectivity index (χ2n) is 4.44. The van der Waals surface area contributed by atoms with Crippen molar-refractivity contribution in [3.8, 4) is 5.75 Å². The molecule has 0 saturated carbocycles. The lowest BCUT2D eigenvalue weighted by Crippen LogP contribution is -2.28. The second kappa shape index (κ2) is 7.60. The summed E-state index contributed by atoms with van der Waals surface area (Å²) >= 11 is 0. The van der Waals surface area contributed by atoms with Crippen LogP contribution in [0, 0.1) is 0 Å². The van der Waals surface area contributed by atoms with E-state index in [0.29, 0.717) is 25.4 Å². The van der Waals surface area contributed by atoms with Gasteiger partial charge in [0, 0.05) is 18.8 Å². The lowest BCUT2D eigenvalue weighted by atomic mass is 10.1. The number of hydrogen-bond acceptors (Lipinski definition) is 5. The minimum absolute atomic E-state index is 0.0154. The third kappa shape index (κ3) is 5.58. The monoisotopic (exact) mass is 267 g/mol. The molecule has 0 aliphatic carbocycles. The summed E-state index contributed by atoms with van der Waals surface area (Å²) in [6.45, 7) is 2.31. The van der Waals surface area contributed by atoms with Crippen LogP contribution in [0.5, 0.6) is 5.75 Å². The normalized spacial score (nSPS) is 10.7. The third-order valence-electron chi connectivity index (χ3n) is 2.50. The number of anilines is 1. The fourth-order valence-electron chi connectivity index (χ4n) is 1.42. The Morgan fingerprint density at radius 3 is 2.84 bits per heavy atom. The first kappa shape index (κ1) is 15.3. The number of rotatable bonds is 7. The van der Waals surface area contributed by atoms with Crippen LogP contribution in [0.1, 0.15) is 10.4 Å². The van der Waals surface area contributed by atoms with Crippen molar-refractivity contribution in [2.45, 2.75) is 0 Å². The Bertz CT molecular complexity index is 422. The highest BCUT2D eigenvalue weighted by Crippen LogP contribution is 2.17. The van der Waals surface area contributed by atoms with E-state index in [1.165, 1.54) is 18.2 Å². The summed E-state index contributed by atoms with van der Waals surface area (Å²) in [6.07, 6.45) is 0. The van der Waals surface area contributed by atoms with Crippen molar-refractivity contribution in [2.24, 2.45) is 0 Å². The Morgan fingerprint density at radius 1 is 1.42 bits per heavy atom. The van der Waals surface area contributed by atoms with Crippen LogP contribution in [0.25, 0.3) is 0 Å². The molecule has 0 spiro atoms. The quantitative estimate of drug-likeness (QED) is 0.375. The number of likely N-dealkylation sites (N-methyl/N-ethyl adjacent to an activating group) is 1. The number of carbonyl (C=O) groups excluding carboxylic acids is 1. The summed E-state index contributed by atoms with van der Waals surface area (Å²) in [6, 6.07) is 4.28. The molecule has 4 N–H and O–H groups in total. The minimum Gasteiger partial charge on any atom is -0.508 e. The zero-order valence-electron chi connectivity index (χ0n) is 11.3. The molecule has 1 rings (SSSR count). The van der Waals surface area contributed by atoms with Crippen LogP contribution in [0.4, 0.5) is 5.69 Å². The standard InChI is InChI=1S/C13H21N3O3/c1-16(2)6-8-19-7-5-15-13(18)11-9-10(17)3-4-12(11)14/h3-4,9,17H,5-8,14H2,1-2H3,(H,15,18). The molecule has 0 aromatic heterocycles. The SMILES string of the molecule is CN(C)CCOCCNC(=O)c1cc(O)ccc1N. The fraction of sp³-hybridized carbons (Fsp3) is 0.462. The molecular formula is C13H21N3O3. The lowest BCUT2D eigenvalue weighted by Gasteiger charge is -2.11. The maximum absolute atomic E-state index is 11.8. The summed E-state index contributed by atoms with van der Waals surface area (Å²) in [7, 11) is 3.94. The van der Waals surface area contributed by atoms with E-state index in [9.17, 15) is 9.90 Å². The summed E-state index contributed by atoms with van der Waals surface area (Å²) in [5, 5.41) is 12.0. The van der Waals surface area contributed by atoms with Gasteiger partial charge in [-0.2, -0.15) is 0 Å². The fourth-order valence-corrected chi connectivity index (χ4v) is 1.42. The molecule has 0 aliphatic rings. The predicted molar refractivity (Wildman–Crippen MR) is 74.2 cm³/mol. The van der Waals surface area contributed by atoms with E-state index in [4.69, 9.17) is 10.5 Å². The highest BCUT2D eigenvalue weighted by Gasteiger charge is 2.09. The molecule has 0 saturated heterocycles. The molecule has 6 heteroatoms. The van der Waals surface area contributed by atoms with Crippen molar-refractivity contribution in [2.75, 3.05) is 46.1 Å². The van der Waals surface area contributed by atoms with Gasteiger partial charge in [-0.25, -0.2) is 0 Å². The first-order chi connectivity index (χ1) is 9.00. The van der Waals surface area contributed by atoms with Crippen LogP contribution < -0.4 is 11.1 Å². The smallest absolute Gasteiger partial charge is 0.253 e. The van der Waals surface area contributed by atoms with E-state index in [1.807, 2.05) is 19.0 Å². The van der Waals surface area contributed by atoms with E-state index in [1.54, 1.807) is 0 Å². The number of aromatic hydroxyl groups is 1. The number of benzene rings is 1. The molecule has 0 aliphatic heterocycles. The lowest BCUT2D eigenvalue weighted by molar-refractivity contribution is 0.0900. The van der Waals surface area contributed by atoms with Gasteiger partial charge >= 0.3 is 0 Å². The Kier molecular flexibility index (Phi) is 6.11. The first-order valence-corrected chi connectivity index (χ1v) is 6.10. The maximum Gasteiger partial charge on any atom is 0.253 e. The van der Waals surface area contributed by atoms with Gasteiger partial charge in [-0.15, -0.1) is 0 Å². The molecular weight excluding hydrogens is 246 g/mol. The number of ether oxygens (including phenoxy) is 1. The average molecular weight is 267 g/mol. The molecule has 0 radical (unpaired) electrons. The molecule has 1 amide bonds. The average Bonchev–Trinajstić information content (AvgIpc) is 2.36. The molecule has 0 atom stereocenters. The van der Waals surface area contributed by atoms with Gasteiger partial charge in [0.2, 0.25) is 0 Å². The van der Waals surface area contributed by atoms with Crippen molar-refractivity contribution in [3.05, 3.63) is 23.8 Å². The van der Waals surface area contributed by atoms with E-state index in [-0.39, 0.29) is 17.2 Å². The Hall–Kier alpha value is -1.79. The Labute approximate surface area is 113 Å². The van der Waals surface area contributed by atoms with Crippen molar-refractivity contribution in [1.29, 1.82) is 0 Å². The van der Waals surface area contributed by atoms with Gasteiger partial charge in [0.15, 0.2) is 0 Å². The van der Waals surface area contributed by atoms with E-state index in [0.717, 1.165) is 6.54 Å². The first-order valence-electron chi connectivity index (χ1n) is 6.10. The van der Waals surface area contributed by atoms with Crippen LogP contribution in [0.3, 0.4) is 0 Å². The van der Waals surface area contributed by atoms with E-state index >= 15 is 0 Å². The van der Waals surface area contributed by atoms with Gasteiger partial charge in [0.25, 0.3) is 5.91 Å². The number of hydrogen-bond donors (Lipinski definition) is 3. The molecule has 106 valence electrons. The van der Waals surface area contributed by atoms with Gasteiger partial charge in [-0.3, -0.25) is 4.79 Å². The molecule has 1 aromatic rings. The third-order valence-corrected chi connectivity index (χ3v) is 2.50. The van der Waals surface area contributed by atoms with Gasteiger partial charge in [-0.1, -0.05) is 0 Å². The Balaban J connectivity index is 2.29. The van der Waals surface area contributed by atoms with Crippen molar-refractivity contribution in [1.82, 2.24) is 10.2 Å². The van der Waals surface area contributed by atoms with E-state index < -0.39 is 0 Å². The summed E-state index contributed by atoms with van der Waals surface area (Å²) in [5.41, 5.74) is 6.28. The zero-order chi connectivity index (χ0) is 14.3. The number of nitrogens with two attached hydrogens (primary N) is 1. The predicted octanol–water partition coefficient (Wildman–Crippen LogP) is 0.282. The van der Waals surface area contributed by atoms with Crippen LogP contribution >= 0.6 is 0 Å². The molecule has 0 fully saturated rings. The Morgan fingerprint density at radius 2 is 2.16 bits per heavy atom. The zero-order valence-corrected chi connectivity index (χ0v) is 11.3. The number of nitrogen functional groups attached to an aromatic ring is 1. The van der Waals surface area contributed by atoms with E-state index in [2.05, 4.69) is 5.32 Å². The number of carbonyl (C=O) groups is 1. The van der Waals surface area contributed by atoms with Gasteiger partial charge in [0.1, 0.15) is 5.75 Å². The number of phenolic OH excluding ortho intramolecular Hbond substituents is 1. The number of phenols is 1. The summed E-state index contributed by atoms with van der Waals surface area (Å²) in [4.78, 5) is 13.8. The van der Waals surface area contributed by atoms with Crippen molar-refractivity contribution in [3.63, 3.8) is 0 Å². The molecule has 0 bridgehead atoms. The van der Waals surface area contributed by atoms with Crippen LogP contribution in [-0.4, -0.2) is 56.3 Å². The van der Waals surface area contributed by atoms with Crippen molar-refractivity contribution >= 4 is 11.6 Å². The highest BCUT2D eigenvalue weighted by molar-refractivity contribution is 5.99. The number of amides is 1. The second-order valence-corrected chi connectivity index (χ2v) is 4.44. The number of nitrogens with one attached hydrogen (secondary N) is 1. The molecule has 1 aromatic carbocycles. The summed E-state index contributed by atoms with van der Waals surface area (Å²) in [5.74, 6) is -0.300. The molecule has 0 unspecified atom stereocenters. The molecule has 19 heavy (non-hydrogen) atoms. The van der Waals surface area contributed by atoms with Crippen LogP contribution in [0.2, 0.25) is 0 Å². The molecule has 6 nitrogen and oxygen atoms in total. The topological polar surface area (TPSA) is 87.8 Å². The minimum atomic E-state index is -0.315. The maximum atomic E-state index is 11.8. The molecule has 0 heterocycles. The van der Waals surface area contributed by atoms with Gasteiger partial charge in [-0.05, 0) is 32.3 Å². The van der Waals surface area contributed by atoms with Gasteiger partial charge in [0.05, 0.1) is 18.8 Å². The number of nitrogens with zero attached hydrogens (tertiary/aromatic N) is 1. The van der Waals surface area contributed by atoms with Gasteiger partial charge < -0.3 is 25.8 Å². The van der Waals surface area contributed by atoms with Crippen LogP contribution in [0.15, 0.2) is 18.2 Å². The van der Waals surface area contributed by atoms with Crippen LogP contribution in [-0.2, 0) is 4.74 Å². The summed E-state index contributed by atoms with van der Waals surface area (Å²) < 4.78 is 5.35. The largest absolute Gasteiger partial charge is 0.508 e. The highest BCUT2D eigenvalue weighted by atomic mass is 16.5. The van der Waals surface area contributed by atoms with Crippen molar-refractivity contribution < 1.29 is 14.6 Å².